The quantitative estimate of drug-likeness (QED) is 0.659. The third kappa shape index (κ3) is 3.67. The van der Waals surface area contributed by atoms with Crippen LogP contribution in [0.3, 0.4) is 0 Å². The second kappa shape index (κ2) is 6.99. The fraction of sp³-hybridized carbons (Fsp3) is 0.571. The first kappa shape index (κ1) is 15.2. The molecule has 1 aliphatic heterocycles. The lowest BCUT2D eigenvalue weighted by molar-refractivity contribution is -0.384. The number of nitrogens with zero attached hydrogens (tertiary/aromatic N) is 4. The van der Waals surface area contributed by atoms with Gasteiger partial charge >= 0.3 is 5.69 Å². The summed E-state index contributed by atoms with van der Waals surface area (Å²) in [5, 5.41) is 23.1. The van der Waals surface area contributed by atoms with Gasteiger partial charge in [0.15, 0.2) is 0 Å². The Morgan fingerprint density at radius 1 is 1.52 bits per heavy atom. The average Bonchev–Trinajstić information content (AvgIpc) is 2.52. The molecule has 0 bridgehead atoms. The van der Waals surface area contributed by atoms with E-state index in [2.05, 4.69) is 22.1 Å². The van der Waals surface area contributed by atoms with Crippen LogP contribution in [0.25, 0.3) is 0 Å². The smallest absolute Gasteiger partial charge is 0.328 e. The first-order valence-electron chi connectivity index (χ1n) is 7.15. The monoisotopic (exact) mass is 289 g/mol. The molecule has 1 unspecified atom stereocenters. The number of aromatic nitrogens is 1. The van der Waals surface area contributed by atoms with Crippen molar-refractivity contribution in [2.45, 2.75) is 32.2 Å². The number of nitro groups is 1. The first-order chi connectivity index (χ1) is 10.1. The molecule has 1 aromatic rings. The molecular formula is C14H19N5O2. The molecule has 2 rings (SSSR count). The predicted octanol–water partition coefficient (Wildman–Crippen LogP) is 2.15. The predicted molar refractivity (Wildman–Crippen MR) is 79.0 cm³/mol. The number of nitriles is 1. The number of hydrogen-bond donors (Lipinski definition) is 1. The van der Waals surface area contributed by atoms with E-state index in [1.807, 2.05) is 6.07 Å². The van der Waals surface area contributed by atoms with Crippen molar-refractivity contribution in [1.82, 2.24) is 9.88 Å². The van der Waals surface area contributed by atoms with Gasteiger partial charge < -0.3 is 5.32 Å². The summed E-state index contributed by atoms with van der Waals surface area (Å²) in [7, 11) is 0. The van der Waals surface area contributed by atoms with Gasteiger partial charge in [0.05, 0.1) is 4.92 Å². The molecule has 0 radical (unpaired) electrons. The average molecular weight is 289 g/mol. The van der Waals surface area contributed by atoms with Crippen molar-refractivity contribution in [2.75, 3.05) is 25.0 Å². The molecule has 0 aromatic carbocycles. The molecule has 0 spiro atoms. The second-order valence-corrected chi connectivity index (χ2v) is 5.25. The maximum atomic E-state index is 11.1. The molecule has 1 saturated heterocycles. The van der Waals surface area contributed by atoms with E-state index in [1.54, 1.807) is 0 Å². The summed E-state index contributed by atoms with van der Waals surface area (Å²) in [5.74, 6) is 0.169. The van der Waals surface area contributed by atoms with Crippen LogP contribution in [0.4, 0.5) is 11.5 Å². The number of nitrogens with one attached hydrogen (secondary N) is 1. The highest BCUT2D eigenvalue weighted by atomic mass is 16.6. The SMILES string of the molecule is CC(CNc1nccc(C#N)c1[N+](=O)[O-])N1CCCCC1. The number of hydrogen-bond acceptors (Lipinski definition) is 6. The van der Waals surface area contributed by atoms with Crippen LogP contribution in [0.5, 0.6) is 0 Å². The highest BCUT2D eigenvalue weighted by Gasteiger charge is 2.22. The molecule has 21 heavy (non-hydrogen) atoms. The van der Waals surface area contributed by atoms with Crippen LogP contribution in [0, 0.1) is 21.4 Å². The molecule has 0 aliphatic carbocycles. The van der Waals surface area contributed by atoms with E-state index in [9.17, 15) is 10.1 Å². The lowest BCUT2D eigenvalue weighted by Gasteiger charge is -2.32. The number of piperidine rings is 1. The lowest BCUT2D eigenvalue weighted by Crippen LogP contribution is -2.41. The van der Waals surface area contributed by atoms with Gasteiger partial charge in [-0.25, -0.2) is 4.98 Å². The molecule has 1 N–H and O–H groups in total. The van der Waals surface area contributed by atoms with E-state index in [4.69, 9.17) is 5.26 Å². The van der Waals surface area contributed by atoms with E-state index in [0.29, 0.717) is 6.54 Å². The summed E-state index contributed by atoms with van der Waals surface area (Å²) in [4.78, 5) is 16.9. The van der Waals surface area contributed by atoms with Crippen molar-refractivity contribution in [2.24, 2.45) is 0 Å². The molecule has 0 amide bonds. The zero-order valence-corrected chi connectivity index (χ0v) is 12.1. The van der Waals surface area contributed by atoms with Crippen LogP contribution in [-0.2, 0) is 0 Å². The number of rotatable bonds is 5. The van der Waals surface area contributed by atoms with Gasteiger partial charge in [-0.15, -0.1) is 0 Å². The Balaban J connectivity index is 2.06. The van der Waals surface area contributed by atoms with Crippen LogP contribution >= 0.6 is 0 Å². The molecule has 112 valence electrons. The van der Waals surface area contributed by atoms with Gasteiger partial charge in [0, 0.05) is 18.8 Å². The standard InChI is InChI=1S/C14H19N5O2/c1-11(18-7-3-2-4-8-18)10-17-14-13(19(20)21)12(9-15)5-6-16-14/h5-6,11H,2-4,7-8,10H2,1H3,(H,16,17). The van der Waals surface area contributed by atoms with Gasteiger partial charge in [-0.3, -0.25) is 15.0 Å². The van der Waals surface area contributed by atoms with Crippen LogP contribution in [0.1, 0.15) is 31.7 Å². The maximum Gasteiger partial charge on any atom is 0.328 e. The van der Waals surface area contributed by atoms with E-state index in [-0.39, 0.29) is 23.1 Å². The van der Waals surface area contributed by atoms with Gasteiger partial charge in [0.2, 0.25) is 5.82 Å². The van der Waals surface area contributed by atoms with Crippen molar-refractivity contribution < 1.29 is 4.92 Å². The molecule has 1 atom stereocenters. The number of likely N-dealkylation sites (tertiary alicyclic amines) is 1. The van der Waals surface area contributed by atoms with E-state index >= 15 is 0 Å². The second-order valence-electron chi connectivity index (χ2n) is 5.25. The van der Waals surface area contributed by atoms with Gasteiger partial charge in [-0.05, 0) is 38.9 Å². The summed E-state index contributed by atoms with van der Waals surface area (Å²) in [6.45, 7) is 4.80. The van der Waals surface area contributed by atoms with Crippen LogP contribution in [0.15, 0.2) is 12.3 Å². The highest BCUT2D eigenvalue weighted by Crippen LogP contribution is 2.25. The summed E-state index contributed by atoms with van der Waals surface area (Å²) in [6, 6.07) is 3.47. The summed E-state index contributed by atoms with van der Waals surface area (Å²) in [6.07, 6.45) is 5.09. The van der Waals surface area contributed by atoms with Crippen molar-refractivity contribution >= 4 is 11.5 Å². The lowest BCUT2D eigenvalue weighted by atomic mass is 10.1. The largest absolute Gasteiger partial charge is 0.363 e. The Labute approximate surface area is 123 Å². The van der Waals surface area contributed by atoms with E-state index < -0.39 is 4.92 Å². The summed E-state index contributed by atoms with van der Waals surface area (Å²) < 4.78 is 0. The fourth-order valence-electron chi connectivity index (χ4n) is 2.59. The fourth-order valence-corrected chi connectivity index (χ4v) is 2.59. The molecule has 1 aromatic heterocycles. The third-order valence-corrected chi connectivity index (χ3v) is 3.81. The highest BCUT2D eigenvalue weighted by molar-refractivity contribution is 5.64. The Hall–Kier alpha value is -2.20. The van der Waals surface area contributed by atoms with Crippen molar-refractivity contribution in [3.8, 4) is 6.07 Å². The normalized spacial score (nSPS) is 17.0. The van der Waals surface area contributed by atoms with Crippen molar-refractivity contribution in [3.05, 3.63) is 27.9 Å². The van der Waals surface area contributed by atoms with Gasteiger partial charge in [0.25, 0.3) is 0 Å². The molecular weight excluding hydrogens is 270 g/mol. The summed E-state index contributed by atoms with van der Waals surface area (Å²) in [5.41, 5.74) is -0.214. The van der Waals surface area contributed by atoms with Crippen LogP contribution in [0.2, 0.25) is 0 Å². The van der Waals surface area contributed by atoms with E-state index in [1.165, 1.54) is 31.5 Å². The molecule has 1 fully saturated rings. The Morgan fingerprint density at radius 3 is 2.86 bits per heavy atom. The van der Waals surface area contributed by atoms with Crippen LogP contribution in [-0.4, -0.2) is 40.5 Å². The number of anilines is 1. The Bertz CT molecular complexity index is 549. The molecule has 1 aliphatic rings. The van der Waals surface area contributed by atoms with Crippen molar-refractivity contribution in [3.63, 3.8) is 0 Å². The minimum Gasteiger partial charge on any atom is -0.363 e. The van der Waals surface area contributed by atoms with Crippen LogP contribution < -0.4 is 5.32 Å². The topological polar surface area (TPSA) is 95.1 Å². The Kier molecular flexibility index (Phi) is 5.06. The first-order valence-corrected chi connectivity index (χ1v) is 7.15. The molecule has 2 heterocycles. The maximum absolute atomic E-state index is 11.1. The third-order valence-electron chi connectivity index (χ3n) is 3.81. The molecule has 7 heteroatoms. The molecule has 0 saturated carbocycles. The minimum absolute atomic E-state index is 0.0307. The van der Waals surface area contributed by atoms with E-state index in [0.717, 1.165) is 13.1 Å². The van der Waals surface area contributed by atoms with Gasteiger partial charge in [-0.2, -0.15) is 5.26 Å². The zero-order valence-electron chi connectivity index (χ0n) is 12.1. The minimum atomic E-state index is -0.556. The Morgan fingerprint density at radius 2 is 2.24 bits per heavy atom. The summed E-state index contributed by atoms with van der Waals surface area (Å²) >= 11 is 0. The van der Waals surface area contributed by atoms with Crippen molar-refractivity contribution in [1.29, 1.82) is 5.26 Å². The van der Waals surface area contributed by atoms with Gasteiger partial charge in [-0.1, -0.05) is 6.42 Å². The van der Waals surface area contributed by atoms with Gasteiger partial charge in [0.1, 0.15) is 11.6 Å². The number of pyridine rings is 1. The zero-order chi connectivity index (χ0) is 15.2. The molecule has 7 nitrogen and oxygen atoms in total.